The van der Waals surface area contributed by atoms with Crippen LogP contribution in [0.3, 0.4) is 0 Å². The molecular weight excluding hydrogens is 1390 g/mol. The van der Waals surface area contributed by atoms with Crippen LogP contribution in [-0.4, -0.2) is 182 Å². The molecule has 0 radical (unpaired) electrons. The molecule has 40 heteroatoms. The van der Waals surface area contributed by atoms with Gasteiger partial charge in [0.15, 0.2) is 0 Å². The number of rotatable bonds is 42. The van der Waals surface area contributed by atoms with Crippen molar-refractivity contribution in [2.45, 2.75) is 192 Å². The number of carbonyl (C=O) groups is 10. The first-order valence-electron chi connectivity index (χ1n) is 30.2. The van der Waals surface area contributed by atoms with Crippen LogP contribution in [0.1, 0.15) is 174 Å². The summed E-state index contributed by atoms with van der Waals surface area (Å²) in [6, 6.07) is 0. The third-order valence-corrected chi connectivity index (χ3v) is 13.2. The van der Waals surface area contributed by atoms with E-state index in [0.29, 0.717) is 25.7 Å². The van der Waals surface area contributed by atoms with Crippen LogP contribution in [0.25, 0.3) is 0 Å². The Balaban J connectivity index is -0.000000360. The van der Waals surface area contributed by atoms with Crippen LogP contribution in [0.5, 0.6) is 0 Å². The molecule has 0 aliphatic carbocycles. The Morgan fingerprint density at radius 2 is 0.542 bits per heavy atom. The summed E-state index contributed by atoms with van der Waals surface area (Å²) >= 11 is 0. The Labute approximate surface area is 562 Å². The number of unbranched alkanes of at least 4 members (excludes halogenated alkanes) is 2. The lowest BCUT2D eigenvalue weighted by Gasteiger charge is -2.25. The van der Waals surface area contributed by atoms with Gasteiger partial charge in [-0.15, -0.1) is 0 Å². The van der Waals surface area contributed by atoms with Crippen LogP contribution in [0.4, 0.5) is 0 Å². The summed E-state index contributed by atoms with van der Waals surface area (Å²) < 4.78 is 125. The first-order chi connectivity index (χ1) is 43.6. The maximum Gasteiger partial charge on any atom is 0.325 e. The highest BCUT2D eigenvalue weighted by atomic mass is 31.2. The maximum absolute atomic E-state index is 11.5. The molecule has 0 aliphatic rings. The van der Waals surface area contributed by atoms with Crippen molar-refractivity contribution in [1.82, 2.24) is 0 Å². The van der Waals surface area contributed by atoms with Gasteiger partial charge in [0.2, 0.25) is 26.2 Å². The maximum atomic E-state index is 11.5. The molecule has 566 valence electrons. The largest absolute Gasteiger partial charge is 0.428 e. The van der Waals surface area contributed by atoms with Gasteiger partial charge in [0.1, 0.15) is 0 Å². The molecule has 35 nitrogen and oxygen atoms in total. The predicted octanol–water partition coefficient (Wildman–Crippen LogP) is 8.83. The van der Waals surface area contributed by atoms with Crippen molar-refractivity contribution in [3.63, 3.8) is 0 Å². The second kappa shape index (κ2) is 53.4. The molecule has 0 rings (SSSR count). The molecule has 0 aliphatic heterocycles. The van der Waals surface area contributed by atoms with Gasteiger partial charge in [-0.05, 0) is 44.9 Å². The summed E-state index contributed by atoms with van der Waals surface area (Å²) in [5.74, 6) is -7.64. The Morgan fingerprint density at radius 1 is 0.302 bits per heavy atom. The van der Waals surface area contributed by atoms with Gasteiger partial charge >= 0.3 is 97.7 Å². The summed E-state index contributed by atoms with van der Waals surface area (Å²) in [6.07, 6.45) is 1.08. The van der Waals surface area contributed by atoms with E-state index in [2.05, 4.69) is 41.6 Å². The predicted molar refractivity (Wildman–Crippen MR) is 342 cm³/mol. The number of carbonyl (C=O) groups excluding carboxylic acids is 10. The highest BCUT2D eigenvalue weighted by molar-refractivity contribution is 7.52. The molecule has 0 aromatic rings. The van der Waals surface area contributed by atoms with E-state index in [9.17, 15) is 70.8 Å². The van der Waals surface area contributed by atoms with E-state index in [1.165, 1.54) is 27.7 Å². The van der Waals surface area contributed by atoms with E-state index in [1.807, 2.05) is 0 Å². The molecule has 7 atom stereocenters. The van der Waals surface area contributed by atoms with E-state index in [0.717, 1.165) is 33.3 Å². The quantitative estimate of drug-likeness (QED) is 0.0125. The normalized spacial score (nSPS) is 14.8. The van der Waals surface area contributed by atoms with Crippen molar-refractivity contribution in [3.05, 3.63) is 0 Å². The fraction of sp³-hybridized carbons (Fsp3) is 0.821. The molecule has 96 heavy (non-hydrogen) atoms. The van der Waals surface area contributed by atoms with Crippen LogP contribution in [0.2, 0.25) is 0 Å². The van der Waals surface area contributed by atoms with Gasteiger partial charge in [0.25, 0.3) is 5.79 Å². The zero-order valence-corrected chi connectivity index (χ0v) is 63.2. The topological polar surface area (TPSA) is 496 Å². The average molecular weight is 1500 g/mol. The summed E-state index contributed by atoms with van der Waals surface area (Å²) in [5.41, 5.74) is 0. The van der Waals surface area contributed by atoms with Crippen molar-refractivity contribution < 1.29 is 165 Å². The Morgan fingerprint density at radius 3 is 0.812 bits per heavy atom. The fourth-order valence-corrected chi connectivity index (χ4v) is 7.53. The van der Waals surface area contributed by atoms with Gasteiger partial charge in [-0.25, -0.2) is 0 Å². The van der Waals surface area contributed by atoms with E-state index < -0.39 is 123 Å². The van der Waals surface area contributed by atoms with Gasteiger partial charge in [-0.2, -0.15) is 0 Å². The smallest absolute Gasteiger partial charge is 0.325 e. The molecule has 0 amide bonds. The van der Waals surface area contributed by atoms with Crippen molar-refractivity contribution >= 4 is 97.7 Å². The molecule has 0 aromatic carbocycles. The Hall–Kier alpha value is -4.55. The zero-order valence-electron chi connectivity index (χ0n) is 58.7. The molecule has 5 N–H and O–H groups in total. The van der Waals surface area contributed by atoms with Crippen molar-refractivity contribution in [1.29, 1.82) is 0 Å². The Bertz CT molecular complexity index is 2540. The number of hydrogen-bond donors (Lipinski definition) is 5. The summed E-state index contributed by atoms with van der Waals surface area (Å²) in [5, 5.41) is 0. The first kappa shape index (κ1) is 100. The van der Waals surface area contributed by atoms with Crippen LogP contribution < -0.4 is 0 Å². The average Bonchev–Trinajstić information content (AvgIpc) is 1.11. The SMILES string of the molecule is CC(C)C(=O)OC(C)(C)OC(=O)CCCOP(C)(=O)O.CC(C)C(=O)OCOC(=O)CCCCOP(C)(=O)O.CC(C)C(=O)OCOC(=O)CCCOP(C)(=O)O.CC(OC(=O)CCCCOP(C)(=O)O)OC(=O)C(C)C.CC(OC(=O)CCCOP(C)(=O)O)OC(=O)C(C)C. The fourth-order valence-electron chi connectivity index (χ4n) is 5.19. The second-order valence-corrected chi connectivity index (χ2v) is 32.0. The highest BCUT2D eigenvalue weighted by Crippen LogP contribution is 2.39. The van der Waals surface area contributed by atoms with Gasteiger partial charge in [-0.3, -0.25) is 70.8 Å². The highest BCUT2D eigenvalue weighted by Gasteiger charge is 2.29. The van der Waals surface area contributed by atoms with Gasteiger partial charge in [0, 0.05) is 93.1 Å². The molecule has 0 saturated carbocycles. The van der Waals surface area contributed by atoms with E-state index in [1.54, 1.807) is 69.2 Å². The third kappa shape index (κ3) is 76.8. The summed E-state index contributed by atoms with van der Waals surface area (Å²) in [4.78, 5) is 157. The molecule has 0 bridgehead atoms. The molecule has 0 saturated heterocycles. The van der Waals surface area contributed by atoms with Crippen LogP contribution >= 0.6 is 38.0 Å². The lowest BCUT2D eigenvalue weighted by Crippen LogP contribution is -2.35. The molecule has 0 heterocycles. The number of ether oxygens (including phenoxy) is 10. The zero-order chi connectivity index (χ0) is 75.9. The van der Waals surface area contributed by atoms with Crippen molar-refractivity contribution in [2.24, 2.45) is 29.6 Å². The van der Waals surface area contributed by atoms with Gasteiger partial charge in [-0.1, -0.05) is 69.2 Å². The first-order valence-corrected chi connectivity index (χ1v) is 40.4. The van der Waals surface area contributed by atoms with Crippen molar-refractivity contribution in [2.75, 3.05) is 79.9 Å². The van der Waals surface area contributed by atoms with E-state index >= 15 is 0 Å². The molecule has 7 unspecified atom stereocenters. The molecule has 0 aromatic heterocycles. The monoisotopic (exact) mass is 1490 g/mol. The van der Waals surface area contributed by atoms with Crippen LogP contribution in [-0.2, 0) is 141 Å². The number of hydrogen-bond acceptors (Lipinski definition) is 30. The second-order valence-electron chi connectivity index (χ2n) is 22.7. The summed E-state index contributed by atoms with van der Waals surface area (Å²) in [7, 11) is -17.4. The van der Waals surface area contributed by atoms with E-state index in [-0.39, 0.29) is 121 Å². The van der Waals surface area contributed by atoms with E-state index in [4.69, 9.17) is 52.9 Å². The van der Waals surface area contributed by atoms with Crippen LogP contribution in [0, 0.1) is 29.6 Å². The van der Waals surface area contributed by atoms with Crippen molar-refractivity contribution in [3.8, 4) is 0 Å². The van der Waals surface area contributed by atoms with Crippen LogP contribution in [0.15, 0.2) is 0 Å². The minimum Gasteiger partial charge on any atom is -0.428 e. The molecule has 0 spiro atoms. The van der Waals surface area contributed by atoms with Gasteiger partial charge < -0.3 is 94.5 Å². The minimum atomic E-state index is -3.52. The number of esters is 10. The molecule has 0 fully saturated rings. The lowest BCUT2D eigenvalue weighted by molar-refractivity contribution is -0.219. The third-order valence-electron chi connectivity index (χ3n) is 9.84. The Kier molecular flexibility index (Phi) is 55.7. The molecular formula is C56H107O35P5. The minimum absolute atomic E-state index is 0.00264. The van der Waals surface area contributed by atoms with Gasteiger partial charge in [0.05, 0.1) is 62.6 Å². The standard InChI is InChI=1S/2C12H23O7P.2C11H21O7P.C10H19O7P/c1-9(2)11(14)19-12(3,4)18-10(13)7-6-8-17-20(5,15)16;1-9(2)12(14)19-10(3)18-11(13)7-5-6-8-17-20(4,15)16;1-8(2)11(13)18-9(3)17-10(12)6-5-7-16-19(4,14)15;1-9(2)11(13)17-8-16-10(12)6-4-5-7-18-19(3,14)15;1-8(2)10(12)16-7-15-9(11)5-4-6-17-18(3,13)14/h9H,6-8H2,1-5H3,(H,15,16);9-10H,5-8H2,1-4H3,(H,15,16);8-9H,5-7H2,1-4H3,(H,14,15);9H,4-8H2,1-3H3,(H,14,15);8H,4-7H2,1-3H3,(H,13,14). The lowest BCUT2D eigenvalue weighted by atomic mass is 10.2. The summed E-state index contributed by atoms with van der Waals surface area (Å²) in [6.45, 7) is 27.4.